The van der Waals surface area contributed by atoms with Gasteiger partial charge in [0.05, 0.1) is 23.3 Å². The summed E-state index contributed by atoms with van der Waals surface area (Å²) in [5.74, 6) is 1.16. The first-order valence-electron chi connectivity index (χ1n) is 9.93. The highest BCUT2D eigenvalue weighted by Gasteiger charge is 2.18. The van der Waals surface area contributed by atoms with Crippen molar-refractivity contribution in [1.82, 2.24) is 9.55 Å². The standard InChI is InChI=1S/C24H19FN2O3S/c25-18-6-2-1-5-17(18)14-27-20-8-4-3-7-19(20)26-24(27)31-15-21(28)16-9-10-22-23(13-16)30-12-11-29-22/h1-10,13H,11-12,14-15H2. The second-order valence-corrected chi connectivity index (χ2v) is 8.07. The van der Waals surface area contributed by atoms with Crippen LogP contribution in [0.15, 0.2) is 71.9 Å². The molecule has 5 rings (SSSR count). The molecule has 0 saturated carbocycles. The van der Waals surface area contributed by atoms with Gasteiger partial charge in [-0.05, 0) is 36.4 Å². The Morgan fingerprint density at radius 1 is 1.00 bits per heavy atom. The molecule has 1 aliphatic heterocycles. The minimum absolute atomic E-state index is 0.0357. The third kappa shape index (κ3) is 4.01. The highest BCUT2D eigenvalue weighted by Crippen LogP contribution is 2.32. The quantitative estimate of drug-likeness (QED) is 0.317. The topological polar surface area (TPSA) is 53.4 Å². The number of imidazole rings is 1. The zero-order valence-electron chi connectivity index (χ0n) is 16.6. The third-order valence-electron chi connectivity index (χ3n) is 5.10. The van der Waals surface area contributed by atoms with Crippen LogP contribution in [0.25, 0.3) is 11.0 Å². The van der Waals surface area contributed by atoms with Crippen LogP contribution in [-0.2, 0) is 6.54 Å². The maximum Gasteiger partial charge on any atom is 0.173 e. The van der Waals surface area contributed by atoms with Crippen molar-refractivity contribution < 1.29 is 18.7 Å². The Hall–Kier alpha value is -3.32. The fourth-order valence-corrected chi connectivity index (χ4v) is 4.45. The lowest BCUT2D eigenvalue weighted by atomic mass is 10.1. The summed E-state index contributed by atoms with van der Waals surface area (Å²) in [6.07, 6.45) is 0. The van der Waals surface area contributed by atoms with Gasteiger partial charge in [-0.15, -0.1) is 0 Å². The normalized spacial score (nSPS) is 12.8. The van der Waals surface area contributed by atoms with Gasteiger partial charge in [0.1, 0.15) is 19.0 Å². The van der Waals surface area contributed by atoms with Gasteiger partial charge in [-0.3, -0.25) is 4.79 Å². The number of halogens is 1. The van der Waals surface area contributed by atoms with Crippen LogP contribution < -0.4 is 9.47 Å². The fourth-order valence-electron chi connectivity index (χ4n) is 3.54. The number of thioether (sulfide) groups is 1. The van der Waals surface area contributed by atoms with Crippen LogP contribution in [0.2, 0.25) is 0 Å². The Morgan fingerprint density at radius 2 is 1.77 bits per heavy atom. The van der Waals surface area contributed by atoms with Crippen LogP contribution in [-0.4, -0.2) is 34.3 Å². The third-order valence-corrected chi connectivity index (χ3v) is 6.08. The lowest BCUT2D eigenvalue weighted by molar-refractivity contribution is 0.102. The van der Waals surface area contributed by atoms with Gasteiger partial charge in [0.15, 0.2) is 22.4 Å². The number of carbonyl (C=O) groups is 1. The van der Waals surface area contributed by atoms with Crippen molar-refractivity contribution in [3.63, 3.8) is 0 Å². The van der Waals surface area contributed by atoms with Crippen molar-refractivity contribution in [3.8, 4) is 11.5 Å². The molecule has 156 valence electrons. The van der Waals surface area contributed by atoms with Gasteiger partial charge in [-0.2, -0.15) is 0 Å². The minimum Gasteiger partial charge on any atom is -0.486 e. The number of para-hydroxylation sites is 2. The van der Waals surface area contributed by atoms with E-state index in [2.05, 4.69) is 4.98 Å². The fraction of sp³-hybridized carbons (Fsp3) is 0.167. The molecule has 0 saturated heterocycles. The summed E-state index contributed by atoms with van der Waals surface area (Å²) < 4.78 is 27.3. The van der Waals surface area contributed by atoms with E-state index in [1.807, 2.05) is 34.9 Å². The molecule has 0 bridgehead atoms. The Bertz CT molecular complexity index is 1270. The number of hydrogen-bond donors (Lipinski definition) is 0. The van der Waals surface area contributed by atoms with Crippen molar-refractivity contribution in [2.75, 3.05) is 19.0 Å². The average Bonchev–Trinajstić information content (AvgIpc) is 3.16. The molecule has 0 unspecified atom stereocenters. The zero-order valence-corrected chi connectivity index (χ0v) is 17.4. The molecule has 0 radical (unpaired) electrons. The van der Waals surface area contributed by atoms with E-state index in [1.54, 1.807) is 30.3 Å². The monoisotopic (exact) mass is 434 g/mol. The molecule has 1 aromatic heterocycles. The molecule has 0 spiro atoms. The summed E-state index contributed by atoms with van der Waals surface area (Å²) in [5.41, 5.74) is 2.85. The molecule has 4 aromatic rings. The van der Waals surface area contributed by atoms with Crippen molar-refractivity contribution in [2.24, 2.45) is 0 Å². The molecule has 0 atom stereocenters. The second kappa shape index (κ2) is 8.43. The molecule has 0 aliphatic carbocycles. The van der Waals surface area contributed by atoms with E-state index in [0.29, 0.717) is 47.5 Å². The predicted molar refractivity (Wildman–Crippen MR) is 118 cm³/mol. The van der Waals surface area contributed by atoms with E-state index in [0.717, 1.165) is 11.0 Å². The molecule has 0 N–H and O–H groups in total. The van der Waals surface area contributed by atoms with Crippen molar-refractivity contribution in [3.05, 3.63) is 83.7 Å². The van der Waals surface area contributed by atoms with E-state index >= 15 is 0 Å². The minimum atomic E-state index is -0.261. The van der Waals surface area contributed by atoms with Crippen molar-refractivity contribution in [2.45, 2.75) is 11.7 Å². The summed E-state index contributed by atoms with van der Waals surface area (Å²) in [5, 5.41) is 0.676. The van der Waals surface area contributed by atoms with Gasteiger partial charge in [0.25, 0.3) is 0 Å². The summed E-state index contributed by atoms with van der Waals surface area (Å²) in [6.45, 7) is 1.32. The molecular formula is C24H19FN2O3S. The van der Waals surface area contributed by atoms with E-state index in [-0.39, 0.29) is 17.4 Å². The van der Waals surface area contributed by atoms with E-state index < -0.39 is 0 Å². The summed E-state index contributed by atoms with van der Waals surface area (Å²) in [6, 6.07) is 19.6. The van der Waals surface area contributed by atoms with Crippen molar-refractivity contribution in [1.29, 1.82) is 0 Å². The highest BCUT2D eigenvalue weighted by atomic mass is 32.2. The number of benzene rings is 3. The number of nitrogens with zero attached hydrogens (tertiary/aromatic N) is 2. The van der Waals surface area contributed by atoms with Crippen LogP contribution in [0.5, 0.6) is 11.5 Å². The van der Waals surface area contributed by atoms with E-state index in [4.69, 9.17) is 9.47 Å². The Kier molecular flexibility index (Phi) is 5.34. The molecule has 0 fully saturated rings. The van der Waals surface area contributed by atoms with Crippen LogP contribution in [0.3, 0.4) is 0 Å². The van der Waals surface area contributed by atoms with Gasteiger partial charge in [-0.25, -0.2) is 9.37 Å². The molecule has 31 heavy (non-hydrogen) atoms. The summed E-state index contributed by atoms with van der Waals surface area (Å²) in [7, 11) is 0. The Morgan fingerprint density at radius 3 is 2.65 bits per heavy atom. The molecule has 0 amide bonds. The van der Waals surface area contributed by atoms with Gasteiger partial charge in [0.2, 0.25) is 0 Å². The first-order valence-corrected chi connectivity index (χ1v) is 10.9. The largest absolute Gasteiger partial charge is 0.486 e. The Labute approximate surface area is 182 Å². The smallest absolute Gasteiger partial charge is 0.173 e. The number of Topliss-reactive ketones (excluding diaryl/α,β-unsaturated/α-hetero) is 1. The summed E-state index contributed by atoms with van der Waals surface area (Å²) in [4.78, 5) is 17.5. The highest BCUT2D eigenvalue weighted by molar-refractivity contribution is 7.99. The van der Waals surface area contributed by atoms with E-state index in [9.17, 15) is 9.18 Å². The van der Waals surface area contributed by atoms with Crippen LogP contribution >= 0.6 is 11.8 Å². The SMILES string of the molecule is O=C(CSc1nc2ccccc2n1Cc1ccccc1F)c1ccc2c(c1)OCCO2. The summed E-state index contributed by atoms with van der Waals surface area (Å²) >= 11 is 1.35. The number of hydrogen-bond acceptors (Lipinski definition) is 5. The lowest BCUT2D eigenvalue weighted by Crippen LogP contribution is -2.16. The number of ether oxygens (including phenoxy) is 2. The first kappa shape index (κ1) is 19.6. The number of ketones is 1. The number of fused-ring (bicyclic) bond motifs is 2. The second-order valence-electron chi connectivity index (χ2n) is 7.13. The number of aromatic nitrogens is 2. The van der Waals surface area contributed by atoms with Crippen LogP contribution in [0.1, 0.15) is 15.9 Å². The van der Waals surface area contributed by atoms with Gasteiger partial charge in [-0.1, -0.05) is 42.1 Å². The molecule has 1 aliphatic rings. The van der Waals surface area contributed by atoms with Crippen molar-refractivity contribution >= 4 is 28.6 Å². The molecule has 2 heterocycles. The predicted octanol–water partition coefficient (Wildman–Crippen LogP) is 4.97. The molecule has 7 heteroatoms. The molecular weight excluding hydrogens is 415 g/mol. The zero-order chi connectivity index (χ0) is 21.2. The molecule has 3 aromatic carbocycles. The first-order chi connectivity index (χ1) is 15.2. The molecule has 5 nitrogen and oxygen atoms in total. The average molecular weight is 434 g/mol. The number of rotatable bonds is 6. The van der Waals surface area contributed by atoms with Gasteiger partial charge >= 0.3 is 0 Å². The Balaban J connectivity index is 1.40. The maximum atomic E-state index is 14.3. The maximum absolute atomic E-state index is 14.3. The lowest BCUT2D eigenvalue weighted by Gasteiger charge is -2.18. The number of carbonyl (C=O) groups excluding carboxylic acids is 1. The van der Waals surface area contributed by atoms with E-state index in [1.165, 1.54) is 17.8 Å². The van der Waals surface area contributed by atoms with Gasteiger partial charge < -0.3 is 14.0 Å². The van der Waals surface area contributed by atoms with Crippen LogP contribution in [0.4, 0.5) is 4.39 Å². The van der Waals surface area contributed by atoms with Crippen LogP contribution in [0, 0.1) is 5.82 Å². The van der Waals surface area contributed by atoms with Gasteiger partial charge in [0, 0.05) is 11.1 Å².